The van der Waals surface area contributed by atoms with Gasteiger partial charge in [-0.15, -0.1) is 0 Å². The number of hydrogen-bond acceptors (Lipinski definition) is 4. The van der Waals surface area contributed by atoms with Gasteiger partial charge in [-0.1, -0.05) is 0 Å². The van der Waals surface area contributed by atoms with Gasteiger partial charge in [0.1, 0.15) is 0 Å². The number of hydrogen-bond donors (Lipinski definition) is 1. The second kappa shape index (κ2) is 7.36. The van der Waals surface area contributed by atoms with Crippen LogP contribution in [-0.2, 0) is 11.2 Å². The molecule has 0 saturated carbocycles. The van der Waals surface area contributed by atoms with E-state index in [4.69, 9.17) is 5.11 Å². The lowest BCUT2D eigenvalue weighted by Crippen LogP contribution is -2.53. The molecule has 5 heteroatoms. The van der Waals surface area contributed by atoms with E-state index in [1.54, 1.807) is 12.4 Å². The first-order chi connectivity index (χ1) is 9.70. The fourth-order valence-corrected chi connectivity index (χ4v) is 2.59. The lowest BCUT2D eigenvalue weighted by Gasteiger charge is -2.39. The zero-order valence-corrected chi connectivity index (χ0v) is 12.0. The maximum atomic E-state index is 12.3. The van der Waals surface area contributed by atoms with Crippen LogP contribution in [0, 0.1) is 0 Å². The Labute approximate surface area is 120 Å². The zero-order valence-electron chi connectivity index (χ0n) is 12.0. The van der Waals surface area contributed by atoms with Gasteiger partial charge >= 0.3 is 0 Å². The molecule has 1 aliphatic rings. The van der Waals surface area contributed by atoms with Gasteiger partial charge in [-0.3, -0.25) is 14.7 Å². The average molecular weight is 277 g/mol. The van der Waals surface area contributed by atoms with E-state index in [-0.39, 0.29) is 18.6 Å². The minimum Gasteiger partial charge on any atom is -0.396 e. The van der Waals surface area contributed by atoms with Gasteiger partial charge in [0.15, 0.2) is 0 Å². The van der Waals surface area contributed by atoms with Crippen molar-refractivity contribution in [1.29, 1.82) is 0 Å². The first-order valence-electron chi connectivity index (χ1n) is 7.18. The maximum absolute atomic E-state index is 12.3. The van der Waals surface area contributed by atoms with Crippen LogP contribution in [0.5, 0.6) is 0 Å². The van der Waals surface area contributed by atoms with Crippen LogP contribution in [0.1, 0.15) is 18.4 Å². The van der Waals surface area contributed by atoms with Crippen molar-refractivity contribution >= 4 is 5.91 Å². The summed E-state index contributed by atoms with van der Waals surface area (Å²) in [6, 6.07) is 4.18. The molecular formula is C15H23N3O2. The third-order valence-corrected chi connectivity index (χ3v) is 3.97. The molecule has 1 aromatic heterocycles. The molecule has 1 atom stereocenters. The van der Waals surface area contributed by atoms with Crippen molar-refractivity contribution in [2.45, 2.75) is 25.3 Å². The number of aliphatic hydroxyl groups is 1. The summed E-state index contributed by atoms with van der Waals surface area (Å²) in [6.45, 7) is 2.57. The van der Waals surface area contributed by atoms with Gasteiger partial charge in [-0.05, 0) is 37.6 Å². The summed E-state index contributed by atoms with van der Waals surface area (Å²) in [4.78, 5) is 20.4. The number of amides is 1. The van der Waals surface area contributed by atoms with Crippen molar-refractivity contribution in [3.8, 4) is 0 Å². The Hall–Kier alpha value is -1.46. The van der Waals surface area contributed by atoms with Gasteiger partial charge in [0.2, 0.25) is 5.91 Å². The Morgan fingerprint density at radius 2 is 2.15 bits per heavy atom. The van der Waals surface area contributed by atoms with Gasteiger partial charge in [-0.2, -0.15) is 0 Å². The van der Waals surface area contributed by atoms with E-state index in [0.717, 1.165) is 38.0 Å². The molecule has 1 aliphatic heterocycles. The molecule has 1 saturated heterocycles. The summed E-state index contributed by atoms with van der Waals surface area (Å²) in [5, 5.41) is 9.08. The van der Waals surface area contributed by atoms with Crippen LogP contribution in [0.25, 0.3) is 0 Å². The molecule has 1 N–H and O–H groups in total. The number of pyridine rings is 1. The first-order valence-corrected chi connectivity index (χ1v) is 7.18. The summed E-state index contributed by atoms with van der Waals surface area (Å²) in [7, 11) is 2.05. The molecule has 5 nitrogen and oxygen atoms in total. The Balaban J connectivity index is 1.83. The summed E-state index contributed by atoms with van der Waals surface area (Å²) in [5.74, 6) is 0.206. The highest BCUT2D eigenvalue weighted by Crippen LogP contribution is 2.13. The molecule has 0 radical (unpaired) electrons. The Kier molecular flexibility index (Phi) is 5.49. The number of nitrogens with zero attached hydrogens (tertiary/aromatic N) is 3. The van der Waals surface area contributed by atoms with Crippen molar-refractivity contribution < 1.29 is 9.90 Å². The second-order valence-electron chi connectivity index (χ2n) is 5.34. The van der Waals surface area contributed by atoms with Gasteiger partial charge in [0.25, 0.3) is 0 Å². The van der Waals surface area contributed by atoms with Crippen molar-refractivity contribution in [2.24, 2.45) is 0 Å². The monoisotopic (exact) mass is 277 g/mol. The van der Waals surface area contributed by atoms with Crippen LogP contribution < -0.4 is 0 Å². The maximum Gasteiger partial charge on any atom is 0.222 e. The van der Waals surface area contributed by atoms with E-state index >= 15 is 0 Å². The molecular weight excluding hydrogens is 254 g/mol. The van der Waals surface area contributed by atoms with E-state index in [1.807, 2.05) is 17.0 Å². The average Bonchev–Trinajstić information content (AvgIpc) is 2.48. The Bertz CT molecular complexity index is 424. The number of piperazine rings is 1. The Morgan fingerprint density at radius 1 is 1.40 bits per heavy atom. The number of aromatic nitrogens is 1. The highest BCUT2D eigenvalue weighted by atomic mass is 16.3. The quantitative estimate of drug-likeness (QED) is 0.853. The standard InChI is InChI=1S/C15H23N3O2/c1-17-9-10-18(12-14(17)6-11-19)15(20)3-2-13-4-7-16-8-5-13/h4-5,7-8,14,19H,2-3,6,9-12H2,1H3. The lowest BCUT2D eigenvalue weighted by atomic mass is 10.1. The minimum absolute atomic E-state index is 0.175. The molecule has 1 amide bonds. The molecule has 20 heavy (non-hydrogen) atoms. The molecule has 110 valence electrons. The van der Waals surface area contributed by atoms with Crippen LogP contribution in [0.4, 0.5) is 0 Å². The number of carbonyl (C=O) groups excluding carboxylic acids is 1. The molecule has 0 aromatic carbocycles. The molecule has 2 heterocycles. The van der Waals surface area contributed by atoms with Crippen LogP contribution >= 0.6 is 0 Å². The smallest absolute Gasteiger partial charge is 0.222 e. The summed E-state index contributed by atoms with van der Waals surface area (Å²) in [6.07, 6.45) is 5.54. The van der Waals surface area contributed by atoms with Crippen molar-refractivity contribution in [3.05, 3.63) is 30.1 Å². The van der Waals surface area contributed by atoms with Crippen LogP contribution in [-0.4, -0.2) is 65.1 Å². The predicted octanol–water partition coefficient (Wildman–Crippen LogP) is 0.539. The largest absolute Gasteiger partial charge is 0.396 e. The zero-order chi connectivity index (χ0) is 14.4. The number of rotatable bonds is 5. The van der Waals surface area contributed by atoms with Crippen molar-refractivity contribution in [1.82, 2.24) is 14.8 Å². The van der Waals surface area contributed by atoms with Crippen LogP contribution in [0.3, 0.4) is 0 Å². The molecule has 1 aromatic rings. The highest BCUT2D eigenvalue weighted by molar-refractivity contribution is 5.76. The van der Waals surface area contributed by atoms with E-state index in [2.05, 4.69) is 16.9 Å². The third kappa shape index (κ3) is 4.02. The highest BCUT2D eigenvalue weighted by Gasteiger charge is 2.26. The van der Waals surface area contributed by atoms with E-state index < -0.39 is 0 Å². The second-order valence-corrected chi connectivity index (χ2v) is 5.34. The van der Waals surface area contributed by atoms with E-state index in [1.165, 1.54) is 0 Å². The van der Waals surface area contributed by atoms with Crippen LogP contribution in [0.15, 0.2) is 24.5 Å². The number of aliphatic hydroxyl groups excluding tert-OH is 1. The number of likely N-dealkylation sites (N-methyl/N-ethyl adjacent to an activating group) is 1. The third-order valence-electron chi connectivity index (χ3n) is 3.97. The molecule has 1 fully saturated rings. The lowest BCUT2D eigenvalue weighted by molar-refractivity contribution is -0.134. The fourth-order valence-electron chi connectivity index (χ4n) is 2.59. The van der Waals surface area contributed by atoms with Crippen molar-refractivity contribution in [2.75, 3.05) is 33.3 Å². The molecule has 0 bridgehead atoms. The predicted molar refractivity (Wildman–Crippen MR) is 77.3 cm³/mol. The van der Waals surface area contributed by atoms with Crippen molar-refractivity contribution in [3.63, 3.8) is 0 Å². The summed E-state index contributed by atoms with van der Waals surface area (Å²) in [5.41, 5.74) is 1.15. The topological polar surface area (TPSA) is 56.7 Å². The van der Waals surface area contributed by atoms with Gasteiger partial charge in [0, 0.05) is 51.1 Å². The fraction of sp³-hybridized carbons (Fsp3) is 0.600. The molecule has 2 rings (SSSR count). The van der Waals surface area contributed by atoms with E-state index in [0.29, 0.717) is 6.42 Å². The van der Waals surface area contributed by atoms with Gasteiger partial charge < -0.3 is 10.0 Å². The summed E-state index contributed by atoms with van der Waals surface area (Å²) >= 11 is 0. The van der Waals surface area contributed by atoms with Gasteiger partial charge in [-0.25, -0.2) is 0 Å². The van der Waals surface area contributed by atoms with E-state index in [9.17, 15) is 4.79 Å². The summed E-state index contributed by atoms with van der Waals surface area (Å²) < 4.78 is 0. The Morgan fingerprint density at radius 3 is 2.85 bits per heavy atom. The SMILES string of the molecule is CN1CCN(C(=O)CCc2ccncc2)CC1CCO. The normalized spacial score (nSPS) is 20.1. The molecule has 0 aliphatic carbocycles. The number of carbonyl (C=O) groups is 1. The molecule has 1 unspecified atom stereocenters. The first kappa shape index (κ1) is 14.9. The molecule has 0 spiro atoms. The minimum atomic E-state index is 0.175. The number of aryl methyl sites for hydroxylation is 1. The van der Waals surface area contributed by atoms with Gasteiger partial charge in [0.05, 0.1) is 0 Å². The van der Waals surface area contributed by atoms with Crippen LogP contribution in [0.2, 0.25) is 0 Å².